The van der Waals surface area contributed by atoms with Crippen molar-refractivity contribution in [3.8, 4) is 5.75 Å². The molecule has 1 aromatic carbocycles. The summed E-state index contributed by atoms with van der Waals surface area (Å²) in [4.78, 5) is 11.1. The summed E-state index contributed by atoms with van der Waals surface area (Å²) in [6.07, 6.45) is 0. The second-order valence-electron chi connectivity index (χ2n) is 5.39. The molecule has 0 amide bonds. The van der Waals surface area contributed by atoms with Crippen LogP contribution in [0.4, 0.5) is 0 Å². The molecule has 112 valence electrons. The Kier molecular flexibility index (Phi) is 4.68. The van der Waals surface area contributed by atoms with Crippen molar-refractivity contribution in [1.82, 2.24) is 4.57 Å². The fraction of sp³-hybridized carbons (Fsp3) is 0.353. The second kappa shape index (κ2) is 6.48. The summed E-state index contributed by atoms with van der Waals surface area (Å²) in [6, 6.07) is 11.5. The van der Waals surface area contributed by atoms with Crippen molar-refractivity contribution in [2.75, 3.05) is 6.61 Å². The third kappa shape index (κ3) is 3.66. The zero-order valence-corrected chi connectivity index (χ0v) is 12.7. The Morgan fingerprint density at radius 3 is 2.43 bits per heavy atom. The van der Waals surface area contributed by atoms with Gasteiger partial charge in [-0.15, -0.1) is 0 Å². The Morgan fingerprint density at radius 2 is 1.86 bits per heavy atom. The summed E-state index contributed by atoms with van der Waals surface area (Å²) in [7, 11) is 0. The van der Waals surface area contributed by atoms with Crippen molar-refractivity contribution in [2.45, 2.75) is 33.2 Å². The number of aromatic nitrogens is 1. The zero-order valence-electron chi connectivity index (χ0n) is 12.7. The van der Waals surface area contributed by atoms with E-state index in [4.69, 9.17) is 9.84 Å². The Morgan fingerprint density at radius 1 is 1.19 bits per heavy atom. The van der Waals surface area contributed by atoms with Gasteiger partial charge in [-0.2, -0.15) is 0 Å². The van der Waals surface area contributed by atoms with Crippen LogP contribution in [0.25, 0.3) is 0 Å². The van der Waals surface area contributed by atoms with E-state index >= 15 is 0 Å². The molecule has 1 aromatic heterocycles. The molecule has 4 heteroatoms. The molecule has 2 rings (SSSR count). The van der Waals surface area contributed by atoms with Crippen LogP contribution in [-0.4, -0.2) is 22.2 Å². The monoisotopic (exact) mass is 287 g/mol. The number of carbonyl (C=O) groups is 1. The summed E-state index contributed by atoms with van der Waals surface area (Å²) in [5, 5.41) is 9.12. The van der Waals surface area contributed by atoms with Gasteiger partial charge in [-0.3, -0.25) is 0 Å². The minimum absolute atomic E-state index is 0.297. The molecule has 0 fully saturated rings. The third-order valence-corrected chi connectivity index (χ3v) is 3.55. The van der Waals surface area contributed by atoms with Crippen molar-refractivity contribution in [1.29, 1.82) is 0 Å². The molecule has 0 saturated carbocycles. The fourth-order valence-corrected chi connectivity index (χ4v) is 2.26. The van der Waals surface area contributed by atoms with Gasteiger partial charge in [0, 0.05) is 5.69 Å². The SMILES string of the molecule is Cc1ccc(C(=O)O)n1CCOc1ccc(C(C)C)cc1. The van der Waals surface area contributed by atoms with E-state index in [1.165, 1.54) is 5.56 Å². The summed E-state index contributed by atoms with van der Waals surface area (Å²) in [5.41, 5.74) is 2.49. The number of nitrogens with zero attached hydrogens (tertiary/aromatic N) is 1. The molecule has 21 heavy (non-hydrogen) atoms. The smallest absolute Gasteiger partial charge is 0.352 e. The molecule has 0 aliphatic carbocycles. The van der Waals surface area contributed by atoms with E-state index in [9.17, 15) is 4.79 Å². The Labute approximate surface area is 125 Å². The van der Waals surface area contributed by atoms with Crippen LogP contribution in [0.3, 0.4) is 0 Å². The van der Waals surface area contributed by atoms with E-state index in [1.54, 1.807) is 16.7 Å². The lowest BCUT2D eigenvalue weighted by molar-refractivity contribution is 0.0683. The van der Waals surface area contributed by atoms with Gasteiger partial charge >= 0.3 is 5.97 Å². The number of carboxylic acids is 1. The molecule has 0 bridgehead atoms. The Balaban J connectivity index is 1.95. The van der Waals surface area contributed by atoms with Gasteiger partial charge in [-0.05, 0) is 42.7 Å². The van der Waals surface area contributed by atoms with E-state index in [2.05, 4.69) is 26.0 Å². The number of ether oxygens (including phenoxy) is 1. The standard InChI is InChI=1S/C17H21NO3/c1-12(2)14-5-7-15(8-6-14)21-11-10-18-13(3)4-9-16(18)17(19)20/h4-9,12H,10-11H2,1-3H3,(H,19,20). The Bertz CT molecular complexity index is 611. The van der Waals surface area contributed by atoms with Gasteiger partial charge in [0.2, 0.25) is 0 Å². The molecular formula is C17H21NO3. The van der Waals surface area contributed by atoms with Crippen LogP contribution in [0.2, 0.25) is 0 Å². The number of aryl methyl sites for hydroxylation is 1. The summed E-state index contributed by atoms with van der Waals surface area (Å²) in [6.45, 7) is 7.16. The number of carboxylic acid groups (broad SMARTS) is 1. The maximum atomic E-state index is 11.1. The molecule has 0 radical (unpaired) electrons. The van der Waals surface area contributed by atoms with Gasteiger partial charge in [-0.25, -0.2) is 4.79 Å². The Hall–Kier alpha value is -2.23. The minimum Gasteiger partial charge on any atom is -0.492 e. The lowest BCUT2D eigenvalue weighted by Gasteiger charge is -2.12. The van der Waals surface area contributed by atoms with Crippen molar-refractivity contribution < 1.29 is 14.6 Å². The first-order chi connectivity index (χ1) is 9.99. The van der Waals surface area contributed by atoms with Crippen molar-refractivity contribution in [2.24, 2.45) is 0 Å². The highest BCUT2D eigenvalue weighted by atomic mass is 16.5. The average molecular weight is 287 g/mol. The van der Waals surface area contributed by atoms with E-state index in [0.717, 1.165) is 11.4 Å². The lowest BCUT2D eigenvalue weighted by atomic mass is 10.0. The molecule has 0 atom stereocenters. The van der Waals surface area contributed by atoms with Gasteiger partial charge in [0.15, 0.2) is 0 Å². The summed E-state index contributed by atoms with van der Waals surface area (Å²) >= 11 is 0. The molecule has 0 aliphatic heterocycles. The maximum absolute atomic E-state index is 11.1. The highest BCUT2D eigenvalue weighted by Crippen LogP contribution is 2.18. The number of aromatic carboxylic acids is 1. The van der Waals surface area contributed by atoms with Crippen LogP contribution in [0.1, 0.15) is 41.5 Å². The first-order valence-corrected chi connectivity index (χ1v) is 7.11. The van der Waals surface area contributed by atoms with Gasteiger partial charge in [-0.1, -0.05) is 26.0 Å². The number of hydrogen-bond donors (Lipinski definition) is 1. The molecule has 1 N–H and O–H groups in total. The summed E-state index contributed by atoms with van der Waals surface area (Å²) < 4.78 is 7.44. The third-order valence-electron chi connectivity index (χ3n) is 3.55. The molecule has 0 spiro atoms. The van der Waals surface area contributed by atoms with Crippen LogP contribution in [0.5, 0.6) is 5.75 Å². The topological polar surface area (TPSA) is 51.5 Å². The predicted octanol–water partition coefficient (Wildman–Crippen LogP) is 3.70. The highest BCUT2D eigenvalue weighted by molar-refractivity contribution is 5.86. The summed E-state index contributed by atoms with van der Waals surface area (Å²) in [5.74, 6) is 0.394. The molecule has 0 aliphatic rings. The van der Waals surface area contributed by atoms with Crippen LogP contribution >= 0.6 is 0 Å². The van der Waals surface area contributed by atoms with Gasteiger partial charge in [0.25, 0.3) is 0 Å². The number of rotatable bonds is 6. The van der Waals surface area contributed by atoms with Crippen LogP contribution in [0, 0.1) is 6.92 Å². The first-order valence-electron chi connectivity index (χ1n) is 7.11. The van der Waals surface area contributed by atoms with E-state index in [0.29, 0.717) is 24.8 Å². The largest absolute Gasteiger partial charge is 0.492 e. The normalized spacial score (nSPS) is 10.9. The fourth-order valence-electron chi connectivity index (χ4n) is 2.26. The van der Waals surface area contributed by atoms with Crippen molar-refractivity contribution >= 4 is 5.97 Å². The number of hydrogen-bond acceptors (Lipinski definition) is 2. The molecule has 4 nitrogen and oxygen atoms in total. The lowest BCUT2D eigenvalue weighted by Crippen LogP contribution is -2.14. The first kappa shape index (κ1) is 15.2. The molecule has 2 aromatic rings. The molecule has 0 saturated heterocycles. The minimum atomic E-state index is -0.913. The second-order valence-corrected chi connectivity index (χ2v) is 5.39. The van der Waals surface area contributed by atoms with Crippen molar-refractivity contribution in [3.63, 3.8) is 0 Å². The molecule has 0 unspecified atom stereocenters. The van der Waals surface area contributed by atoms with E-state index in [1.807, 2.05) is 19.1 Å². The average Bonchev–Trinajstić information content (AvgIpc) is 2.81. The number of benzene rings is 1. The maximum Gasteiger partial charge on any atom is 0.352 e. The van der Waals surface area contributed by atoms with Crippen LogP contribution in [0.15, 0.2) is 36.4 Å². The zero-order chi connectivity index (χ0) is 15.4. The van der Waals surface area contributed by atoms with E-state index < -0.39 is 5.97 Å². The molecule has 1 heterocycles. The van der Waals surface area contributed by atoms with Gasteiger partial charge in [0.1, 0.15) is 18.1 Å². The predicted molar refractivity (Wildman–Crippen MR) is 82.2 cm³/mol. The highest BCUT2D eigenvalue weighted by Gasteiger charge is 2.11. The van der Waals surface area contributed by atoms with Crippen molar-refractivity contribution in [3.05, 3.63) is 53.3 Å². The quantitative estimate of drug-likeness (QED) is 0.881. The van der Waals surface area contributed by atoms with Crippen LogP contribution in [-0.2, 0) is 6.54 Å². The van der Waals surface area contributed by atoms with E-state index in [-0.39, 0.29) is 0 Å². The van der Waals surface area contributed by atoms with Crippen LogP contribution < -0.4 is 4.74 Å². The van der Waals surface area contributed by atoms with Gasteiger partial charge < -0.3 is 14.4 Å². The molecular weight excluding hydrogens is 266 g/mol. The van der Waals surface area contributed by atoms with Gasteiger partial charge in [0.05, 0.1) is 6.54 Å².